The summed E-state index contributed by atoms with van der Waals surface area (Å²) in [7, 11) is 0. The highest BCUT2D eigenvalue weighted by atomic mass is 35.5. The molecule has 0 unspecified atom stereocenters. The Bertz CT molecular complexity index is 1200. The molecule has 178 valence electrons. The summed E-state index contributed by atoms with van der Waals surface area (Å²) >= 11 is 11.7. The van der Waals surface area contributed by atoms with Crippen LogP contribution in [0.5, 0.6) is 5.75 Å². The van der Waals surface area contributed by atoms with Crippen molar-refractivity contribution in [2.24, 2.45) is 5.92 Å². The van der Waals surface area contributed by atoms with E-state index in [2.05, 4.69) is 15.6 Å². The van der Waals surface area contributed by atoms with E-state index in [1.165, 1.54) is 12.1 Å². The smallest absolute Gasteiger partial charge is 0.269 e. The van der Waals surface area contributed by atoms with Crippen molar-refractivity contribution in [2.45, 2.75) is 31.7 Å². The minimum atomic E-state index is -0.592. The zero-order valence-corrected chi connectivity index (χ0v) is 19.8. The molecule has 1 saturated carbocycles. The van der Waals surface area contributed by atoms with Gasteiger partial charge >= 0.3 is 0 Å². The second-order valence-electron chi connectivity index (χ2n) is 8.39. The molecule has 1 aliphatic carbocycles. The van der Waals surface area contributed by atoms with Crippen molar-refractivity contribution in [2.75, 3.05) is 13.2 Å². The van der Waals surface area contributed by atoms with E-state index in [1.54, 1.807) is 18.2 Å². The lowest BCUT2D eigenvalue weighted by Crippen LogP contribution is -2.41. The molecule has 3 aromatic rings. The molecule has 2 N–H and O–H groups in total. The van der Waals surface area contributed by atoms with E-state index >= 15 is 0 Å². The van der Waals surface area contributed by atoms with Gasteiger partial charge in [0.25, 0.3) is 11.8 Å². The first-order chi connectivity index (χ1) is 16.4. The second kappa shape index (κ2) is 11.0. The summed E-state index contributed by atoms with van der Waals surface area (Å²) in [5.41, 5.74) is 1.04. The van der Waals surface area contributed by atoms with Gasteiger partial charge in [0, 0.05) is 29.1 Å². The summed E-state index contributed by atoms with van der Waals surface area (Å²) in [6.45, 7) is 0.362. The number of fused-ring (bicyclic) bond motifs is 1. The lowest BCUT2D eigenvalue weighted by molar-refractivity contribution is -0.124. The molecule has 4 rings (SSSR count). The molecule has 0 aliphatic heterocycles. The molecular weight excluding hydrogens is 480 g/mol. The highest BCUT2D eigenvalue weighted by Gasteiger charge is 2.23. The molecule has 1 aliphatic rings. The normalized spacial score (nSPS) is 17.9. The number of hydrogen-bond donors (Lipinski definition) is 2. The summed E-state index contributed by atoms with van der Waals surface area (Å²) in [6.07, 6.45) is 3.40. The van der Waals surface area contributed by atoms with Gasteiger partial charge in [-0.2, -0.15) is 0 Å². The third-order valence-electron chi connectivity index (χ3n) is 5.91. The number of benzene rings is 2. The Balaban J connectivity index is 1.18. The van der Waals surface area contributed by atoms with Crippen LogP contribution < -0.4 is 15.4 Å². The van der Waals surface area contributed by atoms with Gasteiger partial charge in [-0.05, 0) is 61.9 Å². The topological polar surface area (TPSA) is 80.3 Å². The molecule has 2 amide bonds. The molecule has 0 bridgehead atoms. The van der Waals surface area contributed by atoms with Gasteiger partial charge < -0.3 is 15.4 Å². The maximum atomic E-state index is 13.5. The van der Waals surface area contributed by atoms with Crippen LogP contribution >= 0.6 is 23.2 Å². The minimum Gasteiger partial charge on any atom is -0.484 e. The van der Waals surface area contributed by atoms with Gasteiger partial charge in [0.1, 0.15) is 17.3 Å². The number of hydrogen-bond acceptors (Lipinski definition) is 4. The zero-order chi connectivity index (χ0) is 24.1. The number of aromatic nitrogens is 1. The molecule has 9 heteroatoms. The lowest BCUT2D eigenvalue weighted by atomic mass is 9.86. The number of rotatable bonds is 7. The molecule has 34 heavy (non-hydrogen) atoms. The van der Waals surface area contributed by atoms with E-state index in [0.29, 0.717) is 28.7 Å². The van der Waals surface area contributed by atoms with Crippen LogP contribution in [-0.4, -0.2) is 36.0 Å². The van der Waals surface area contributed by atoms with Crippen LogP contribution in [0.15, 0.2) is 48.5 Å². The Morgan fingerprint density at radius 1 is 1.03 bits per heavy atom. The van der Waals surface area contributed by atoms with Crippen molar-refractivity contribution in [3.63, 3.8) is 0 Å². The maximum absolute atomic E-state index is 13.5. The lowest BCUT2D eigenvalue weighted by Gasteiger charge is -2.29. The number of halogens is 3. The van der Waals surface area contributed by atoms with E-state index in [1.807, 2.05) is 12.1 Å². The standard InChI is InChI=1S/C25H24Cl2FN3O3/c26-17-5-3-16-4-10-22(31-23(16)11-17)25(33)29-13-15-1-6-18(7-2-15)30-24(32)14-34-19-8-9-20(27)21(28)12-19/h3-5,8-12,15,18H,1-2,6-7,13-14H2,(H,29,33)(H,30,32). The van der Waals surface area contributed by atoms with E-state index in [9.17, 15) is 14.0 Å². The molecule has 0 saturated heterocycles. The first-order valence-corrected chi connectivity index (χ1v) is 11.8. The molecule has 0 spiro atoms. The van der Waals surface area contributed by atoms with Crippen molar-refractivity contribution >= 4 is 45.9 Å². The molecule has 6 nitrogen and oxygen atoms in total. The Morgan fingerprint density at radius 3 is 2.56 bits per heavy atom. The predicted molar refractivity (Wildman–Crippen MR) is 130 cm³/mol. The van der Waals surface area contributed by atoms with Crippen molar-refractivity contribution in [3.05, 3.63) is 70.1 Å². The monoisotopic (exact) mass is 503 g/mol. The van der Waals surface area contributed by atoms with Crippen LogP contribution in [0.4, 0.5) is 4.39 Å². The van der Waals surface area contributed by atoms with Gasteiger partial charge in [-0.3, -0.25) is 9.59 Å². The third-order valence-corrected chi connectivity index (χ3v) is 6.45. The second-order valence-corrected chi connectivity index (χ2v) is 9.24. The third kappa shape index (κ3) is 6.36. The summed E-state index contributed by atoms with van der Waals surface area (Å²) < 4.78 is 18.8. The van der Waals surface area contributed by atoms with Crippen LogP contribution in [0.3, 0.4) is 0 Å². The number of nitrogens with zero attached hydrogens (tertiary/aromatic N) is 1. The maximum Gasteiger partial charge on any atom is 0.269 e. The fourth-order valence-electron chi connectivity index (χ4n) is 4.04. The number of carbonyl (C=O) groups is 2. The fourth-order valence-corrected chi connectivity index (χ4v) is 4.32. The average Bonchev–Trinajstić information content (AvgIpc) is 2.83. The number of amides is 2. The van der Waals surface area contributed by atoms with Crippen LogP contribution in [0, 0.1) is 11.7 Å². The summed E-state index contributed by atoms with van der Waals surface area (Å²) in [5.74, 6) is -0.478. The van der Waals surface area contributed by atoms with Crippen LogP contribution in [0.1, 0.15) is 36.2 Å². The summed E-state index contributed by atoms with van der Waals surface area (Å²) in [5, 5.41) is 7.43. The predicted octanol–water partition coefficient (Wildman–Crippen LogP) is 5.16. The van der Waals surface area contributed by atoms with E-state index < -0.39 is 5.82 Å². The van der Waals surface area contributed by atoms with Gasteiger partial charge in [-0.15, -0.1) is 0 Å². The SMILES string of the molecule is O=C(COc1ccc(Cl)c(F)c1)NC1CCC(CNC(=O)c2ccc3ccc(Cl)cc3n2)CC1. The fraction of sp³-hybridized carbons (Fsp3) is 0.320. The Labute approximate surface area is 206 Å². The largest absolute Gasteiger partial charge is 0.484 e. The molecular formula is C25H24Cl2FN3O3. The zero-order valence-electron chi connectivity index (χ0n) is 18.3. The van der Waals surface area contributed by atoms with Crippen molar-refractivity contribution < 1.29 is 18.7 Å². The van der Waals surface area contributed by atoms with Gasteiger partial charge in [0.15, 0.2) is 6.61 Å². The van der Waals surface area contributed by atoms with Gasteiger partial charge in [-0.25, -0.2) is 9.37 Å². The number of ether oxygens (including phenoxy) is 1. The Kier molecular flexibility index (Phi) is 7.85. The molecule has 0 radical (unpaired) electrons. The number of nitrogens with one attached hydrogen (secondary N) is 2. The van der Waals surface area contributed by atoms with Gasteiger partial charge in [0.2, 0.25) is 0 Å². The molecule has 1 heterocycles. The number of carbonyl (C=O) groups excluding carboxylic acids is 2. The van der Waals surface area contributed by atoms with Crippen LogP contribution in [0.25, 0.3) is 10.9 Å². The summed E-state index contributed by atoms with van der Waals surface area (Å²) in [6, 6.07) is 13.1. The molecule has 0 atom stereocenters. The van der Waals surface area contributed by atoms with Gasteiger partial charge in [-0.1, -0.05) is 35.3 Å². The minimum absolute atomic E-state index is 0.00295. The van der Waals surface area contributed by atoms with Crippen molar-refractivity contribution in [3.8, 4) is 5.75 Å². The average molecular weight is 504 g/mol. The first kappa shape index (κ1) is 24.2. The Hall–Kier alpha value is -2.90. The highest BCUT2D eigenvalue weighted by molar-refractivity contribution is 6.31. The molecule has 1 aromatic heterocycles. The van der Waals surface area contributed by atoms with Crippen LogP contribution in [0.2, 0.25) is 10.0 Å². The quantitative estimate of drug-likeness (QED) is 0.466. The van der Waals surface area contributed by atoms with Crippen molar-refractivity contribution in [1.29, 1.82) is 0 Å². The molecule has 2 aromatic carbocycles. The summed E-state index contributed by atoms with van der Waals surface area (Å²) in [4.78, 5) is 29.1. The molecule has 1 fully saturated rings. The van der Waals surface area contributed by atoms with Crippen molar-refractivity contribution in [1.82, 2.24) is 15.6 Å². The Morgan fingerprint density at radius 2 is 1.79 bits per heavy atom. The number of pyridine rings is 1. The first-order valence-electron chi connectivity index (χ1n) is 11.1. The van der Waals surface area contributed by atoms with E-state index in [0.717, 1.165) is 37.1 Å². The van der Waals surface area contributed by atoms with Gasteiger partial charge in [0.05, 0.1) is 10.5 Å². The van der Waals surface area contributed by atoms with E-state index in [4.69, 9.17) is 27.9 Å². The highest BCUT2D eigenvalue weighted by Crippen LogP contribution is 2.24. The van der Waals surface area contributed by atoms with E-state index in [-0.39, 0.29) is 35.2 Å². The van der Waals surface area contributed by atoms with Crippen LogP contribution in [-0.2, 0) is 4.79 Å².